The van der Waals surface area contributed by atoms with E-state index in [4.69, 9.17) is 4.74 Å². The fraction of sp³-hybridized carbons (Fsp3) is 0.500. The third-order valence-electron chi connectivity index (χ3n) is 3.98. The fourth-order valence-corrected chi connectivity index (χ4v) is 2.45. The first kappa shape index (κ1) is 13.9. The number of benzene rings is 1. The van der Waals surface area contributed by atoms with Crippen molar-refractivity contribution in [1.29, 1.82) is 0 Å². The van der Waals surface area contributed by atoms with E-state index in [0.717, 1.165) is 24.9 Å². The Hall–Kier alpha value is -2.04. The summed E-state index contributed by atoms with van der Waals surface area (Å²) < 4.78 is 5.31. The van der Waals surface area contributed by atoms with Crippen LogP contribution in [0.3, 0.4) is 0 Å². The van der Waals surface area contributed by atoms with Crippen LogP contribution >= 0.6 is 0 Å². The van der Waals surface area contributed by atoms with Gasteiger partial charge in [0.2, 0.25) is 5.91 Å². The Labute approximate surface area is 124 Å². The smallest absolute Gasteiger partial charge is 0.414 e. The van der Waals surface area contributed by atoms with Gasteiger partial charge in [0.1, 0.15) is 6.10 Å². The number of nitrogens with zero attached hydrogens (tertiary/aromatic N) is 1. The molecule has 3 rings (SSSR count). The van der Waals surface area contributed by atoms with Gasteiger partial charge in [0, 0.05) is 11.6 Å². The van der Waals surface area contributed by atoms with E-state index in [9.17, 15) is 9.59 Å². The van der Waals surface area contributed by atoms with Crippen LogP contribution in [0.25, 0.3) is 0 Å². The number of cyclic esters (lactones) is 1. The van der Waals surface area contributed by atoms with E-state index in [2.05, 4.69) is 12.2 Å². The van der Waals surface area contributed by atoms with Gasteiger partial charge in [-0.2, -0.15) is 0 Å². The molecule has 1 aromatic rings. The molecule has 1 aliphatic carbocycles. The van der Waals surface area contributed by atoms with Crippen molar-refractivity contribution in [3.8, 4) is 0 Å². The number of amides is 2. The van der Waals surface area contributed by atoms with E-state index in [1.54, 1.807) is 4.90 Å². The summed E-state index contributed by atoms with van der Waals surface area (Å²) in [5.74, 6) is 0.261. The van der Waals surface area contributed by atoms with Crippen LogP contribution in [0.2, 0.25) is 0 Å². The molecule has 112 valence electrons. The van der Waals surface area contributed by atoms with Gasteiger partial charge >= 0.3 is 6.09 Å². The van der Waals surface area contributed by atoms with Crippen LogP contribution in [0.15, 0.2) is 24.3 Å². The van der Waals surface area contributed by atoms with Gasteiger partial charge in [-0.05, 0) is 37.0 Å². The van der Waals surface area contributed by atoms with E-state index in [-0.39, 0.29) is 24.0 Å². The van der Waals surface area contributed by atoms with Gasteiger partial charge in [-0.1, -0.05) is 19.1 Å². The van der Waals surface area contributed by atoms with Gasteiger partial charge in [-0.3, -0.25) is 9.69 Å². The average molecular weight is 288 g/mol. The third-order valence-corrected chi connectivity index (χ3v) is 3.98. The SMILES string of the molecule is CCc1ccc(N2CC(CNC(=O)C3CC3)OC2=O)cc1. The Kier molecular flexibility index (Phi) is 3.82. The number of hydrogen-bond donors (Lipinski definition) is 1. The first-order chi connectivity index (χ1) is 10.2. The summed E-state index contributed by atoms with van der Waals surface area (Å²) in [6.45, 7) is 2.97. The molecule has 1 atom stereocenters. The van der Waals surface area contributed by atoms with Crippen LogP contribution in [-0.2, 0) is 16.0 Å². The summed E-state index contributed by atoms with van der Waals surface area (Å²) in [6.07, 6.45) is 2.31. The molecular weight excluding hydrogens is 268 g/mol. The molecule has 2 fully saturated rings. The van der Waals surface area contributed by atoms with Gasteiger partial charge < -0.3 is 10.1 Å². The van der Waals surface area contributed by atoms with Crippen molar-refractivity contribution in [3.05, 3.63) is 29.8 Å². The second-order valence-corrected chi connectivity index (χ2v) is 5.66. The number of ether oxygens (including phenoxy) is 1. The molecule has 0 bridgehead atoms. The number of aryl methyl sites for hydroxylation is 1. The maximum atomic E-state index is 11.9. The average Bonchev–Trinajstić information content (AvgIpc) is 3.29. The minimum absolute atomic E-state index is 0.0804. The van der Waals surface area contributed by atoms with Gasteiger partial charge in [-0.25, -0.2) is 4.79 Å². The van der Waals surface area contributed by atoms with Gasteiger partial charge in [0.05, 0.1) is 13.1 Å². The molecule has 2 aliphatic rings. The minimum atomic E-state index is -0.343. The van der Waals surface area contributed by atoms with Crippen LogP contribution in [0.1, 0.15) is 25.3 Å². The van der Waals surface area contributed by atoms with Crippen molar-refractivity contribution in [2.75, 3.05) is 18.0 Å². The maximum absolute atomic E-state index is 11.9. The highest BCUT2D eigenvalue weighted by Crippen LogP contribution is 2.29. The van der Waals surface area contributed by atoms with E-state index < -0.39 is 0 Å². The summed E-state index contributed by atoms with van der Waals surface area (Å²) in [6, 6.07) is 7.91. The van der Waals surface area contributed by atoms with Crippen molar-refractivity contribution >= 4 is 17.7 Å². The molecular formula is C16H20N2O3. The minimum Gasteiger partial charge on any atom is -0.442 e. The zero-order chi connectivity index (χ0) is 14.8. The molecule has 21 heavy (non-hydrogen) atoms. The van der Waals surface area contributed by atoms with Crippen molar-refractivity contribution in [3.63, 3.8) is 0 Å². The lowest BCUT2D eigenvalue weighted by Crippen LogP contribution is -2.35. The van der Waals surface area contributed by atoms with Gasteiger partial charge in [-0.15, -0.1) is 0 Å². The summed E-state index contributed by atoms with van der Waals surface area (Å²) in [5, 5.41) is 2.85. The van der Waals surface area contributed by atoms with Crippen LogP contribution in [0.4, 0.5) is 10.5 Å². The van der Waals surface area contributed by atoms with Crippen LogP contribution in [-0.4, -0.2) is 31.2 Å². The molecule has 1 unspecified atom stereocenters. The Morgan fingerprint density at radius 1 is 1.33 bits per heavy atom. The Bertz CT molecular complexity index is 537. The number of nitrogens with one attached hydrogen (secondary N) is 1. The topological polar surface area (TPSA) is 58.6 Å². The number of anilines is 1. The first-order valence-corrected chi connectivity index (χ1v) is 7.52. The lowest BCUT2D eigenvalue weighted by atomic mass is 10.1. The Morgan fingerprint density at radius 2 is 2.05 bits per heavy atom. The standard InChI is InChI=1S/C16H20N2O3/c1-2-11-3-7-13(8-4-11)18-10-14(21-16(18)20)9-17-15(19)12-5-6-12/h3-4,7-8,12,14H,2,5-6,9-10H2,1H3,(H,17,19). The lowest BCUT2D eigenvalue weighted by Gasteiger charge is -2.13. The van der Waals surface area contributed by atoms with Crippen molar-refractivity contribution in [1.82, 2.24) is 5.32 Å². The number of carbonyl (C=O) groups is 2. The molecule has 1 saturated heterocycles. The quantitative estimate of drug-likeness (QED) is 0.902. The van der Waals surface area contributed by atoms with Crippen molar-refractivity contribution in [2.24, 2.45) is 5.92 Å². The zero-order valence-corrected chi connectivity index (χ0v) is 12.2. The normalized spacial score (nSPS) is 21.3. The molecule has 0 spiro atoms. The van der Waals surface area contributed by atoms with Gasteiger partial charge in [0.15, 0.2) is 0 Å². The number of rotatable bonds is 5. The predicted octanol–water partition coefficient (Wildman–Crippen LogP) is 2.10. The summed E-state index contributed by atoms with van der Waals surface area (Å²) in [5.41, 5.74) is 2.08. The molecule has 1 aliphatic heterocycles. The van der Waals surface area contributed by atoms with Crippen LogP contribution in [0.5, 0.6) is 0 Å². The largest absolute Gasteiger partial charge is 0.442 e. The molecule has 1 heterocycles. The highest BCUT2D eigenvalue weighted by Gasteiger charge is 2.34. The highest BCUT2D eigenvalue weighted by atomic mass is 16.6. The zero-order valence-electron chi connectivity index (χ0n) is 12.2. The van der Waals surface area contributed by atoms with E-state index in [0.29, 0.717) is 13.1 Å². The monoisotopic (exact) mass is 288 g/mol. The van der Waals surface area contributed by atoms with Gasteiger partial charge in [0.25, 0.3) is 0 Å². The van der Waals surface area contributed by atoms with E-state index in [1.165, 1.54) is 5.56 Å². The fourth-order valence-electron chi connectivity index (χ4n) is 2.45. The summed E-state index contributed by atoms with van der Waals surface area (Å²) in [7, 11) is 0. The van der Waals surface area contributed by atoms with Crippen molar-refractivity contribution in [2.45, 2.75) is 32.3 Å². The molecule has 0 aromatic heterocycles. The van der Waals surface area contributed by atoms with Crippen LogP contribution in [0, 0.1) is 5.92 Å². The molecule has 1 saturated carbocycles. The molecule has 2 amide bonds. The lowest BCUT2D eigenvalue weighted by molar-refractivity contribution is -0.122. The maximum Gasteiger partial charge on any atom is 0.414 e. The van der Waals surface area contributed by atoms with E-state index >= 15 is 0 Å². The molecule has 0 radical (unpaired) electrons. The summed E-state index contributed by atoms with van der Waals surface area (Å²) >= 11 is 0. The predicted molar refractivity (Wildman–Crippen MR) is 79.2 cm³/mol. The summed E-state index contributed by atoms with van der Waals surface area (Å²) in [4.78, 5) is 25.1. The third kappa shape index (κ3) is 3.17. The van der Waals surface area contributed by atoms with E-state index in [1.807, 2.05) is 24.3 Å². The second kappa shape index (κ2) is 5.76. The number of carbonyl (C=O) groups excluding carboxylic acids is 2. The van der Waals surface area contributed by atoms with Crippen LogP contribution < -0.4 is 10.2 Å². The molecule has 1 aromatic carbocycles. The Morgan fingerprint density at radius 3 is 2.67 bits per heavy atom. The number of hydrogen-bond acceptors (Lipinski definition) is 3. The molecule has 1 N–H and O–H groups in total. The Balaban J connectivity index is 1.57. The first-order valence-electron chi connectivity index (χ1n) is 7.52. The second-order valence-electron chi connectivity index (χ2n) is 5.66. The van der Waals surface area contributed by atoms with Crippen molar-refractivity contribution < 1.29 is 14.3 Å². The highest BCUT2D eigenvalue weighted by molar-refractivity contribution is 5.89. The molecule has 5 heteroatoms. The molecule has 5 nitrogen and oxygen atoms in total.